The fourth-order valence-corrected chi connectivity index (χ4v) is 2.94. The highest BCUT2D eigenvalue weighted by atomic mass is 16.3. The molecule has 1 fully saturated rings. The summed E-state index contributed by atoms with van der Waals surface area (Å²) in [5.74, 6) is 0. The Hall–Kier alpha value is -0.860. The monoisotopic (exact) mass is 233 g/mol. The molecule has 17 heavy (non-hydrogen) atoms. The summed E-state index contributed by atoms with van der Waals surface area (Å²) in [5.41, 5.74) is 1.48. The molecule has 1 atom stereocenters. The van der Waals surface area contributed by atoms with E-state index in [1.54, 1.807) is 0 Å². The van der Waals surface area contributed by atoms with Crippen molar-refractivity contribution in [2.75, 3.05) is 20.1 Å². The molecule has 1 heterocycles. The van der Waals surface area contributed by atoms with E-state index in [9.17, 15) is 5.11 Å². The van der Waals surface area contributed by atoms with Crippen LogP contribution in [0.5, 0.6) is 0 Å². The van der Waals surface area contributed by atoms with Crippen LogP contribution >= 0.6 is 0 Å². The van der Waals surface area contributed by atoms with Crippen LogP contribution in [0, 0.1) is 12.3 Å². The Labute approximate surface area is 104 Å². The minimum atomic E-state index is -0.701. The van der Waals surface area contributed by atoms with Gasteiger partial charge >= 0.3 is 0 Å². The molecule has 1 unspecified atom stereocenters. The molecule has 0 radical (unpaired) electrons. The highest BCUT2D eigenvalue weighted by Crippen LogP contribution is 2.45. The Balaban J connectivity index is 2.37. The maximum Gasteiger partial charge on any atom is 0.0971 e. The van der Waals surface area contributed by atoms with Gasteiger partial charge in [-0.2, -0.15) is 0 Å². The number of hydrogen-bond donors (Lipinski definition) is 1. The van der Waals surface area contributed by atoms with Crippen molar-refractivity contribution in [3.05, 3.63) is 35.4 Å². The van der Waals surface area contributed by atoms with Crippen LogP contribution in [-0.2, 0) is 5.60 Å². The SMILES string of the molecule is Cc1ccc(C2(O)CCN(C)CC2(C)C)cc1. The van der Waals surface area contributed by atoms with Crippen LogP contribution in [0.4, 0.5) is 0 Å². The number of likely N-dealkylation sites (tertiary alicyclic amines) is 1. The molecule has 94 valence electrons. The number of nitrogens with zero attached hydrogens (tertiary/aromatic N) is 1. The molecule has 2 rings (SSSR count). The number of piperidine rings is 1. The third-order valence-corrected chi connectivity index (χ3v) is 4.17. The topological polar surface area (TPSA) is 23.5 Å². The number of aryl methyl sites for hydroxylation is 1. The van der Waals surface area contributed by atoms with Gasteiger partial charge in [0.05, 0.1) is 5.60 Å². The average molecular weight is 233 g/mol. The maximum atomic E-state index is 11.1. The van der Waals surface area contributed by atoms with Gasteiger partial charge in [0, 0.05) is 18.5 Å². The summed E-state index contributed by atoms with van der Waals surface area (Å²) in [6, 6.07) is 8.31. The fourth-order valence-electron chi connectivity index (χ4n) is 2.94. The van der Waals surface area contributed by atoms with Crippen LogP contribution in [0.25, 0.3) is 0 Å². The van der Waals surface area contributed by atoms with Crippen molar-refractivity contribution in [2.45, 2.75) is 32.8 Å². The summed E-state index contributed by atoms with van der Waals surface area (Å²) >= 11 is 0. The van der Waals surface area contributed by atoms with Crippen molar-refractivity contribution in [2.24, 2.45) is 5.41 Å². The van der Waals surface area contributed by atoms with Crippen molar-refractivity contribution >= 4 is 0 Å². The van der Waals surface area contributed by atoms with Crippen LogP contribution in [0.1, 0.15) is 31.4 Å². The highest BCUT2D eigenvalue weighted by molar-refractivity contribution is 5.29. The molecule has 0 bridgehead atoms. The lowest BCUT2D eigenvalue weighted by Gasteiger charge is -2.49. The van der Waals surface area contributed by atoms with Crippen LogP contribution < -0.4 is 0 Å². The first kappa shape index (κ1) is 12.6. The summed E-state index contributed by atoms with van der Waals surface area (Å²) in [4.78, 5) is 2.29. The summed E-state index contributed by atoms with van der Waals surface area (Å²) in [6.07, 6.45) is 0.805. The Morgan fingerprint density at radius 3 is 2.29 bits per heavy atom. The fraction of sp³-hybridized carbons (Fsp3) is 0.600. The molecule has 1 aromatic rings. The highest BCUT2D eigenvalue weighted by Gasteiger charge is 2.47. The van der Waals surface area contributed by atoms with Gasteiger partial charge in [-0.1, -0.05) is 43.7 Å². The number of aliphatic hydroxyl groups is 1. The molecule has 1 saturated heterocycles. The van der Waals surface area contributed by atoms with Gasteiger partial charge in [-0.3, -0.25) is 0 Å². The Morgan fingerprint density at radius 2 is 1.76 bits per heavy atom. The molecule has 2 nitrogen and oxygen atoms in total. The van der Waals surface area contributed by atoms with E-state index in [1.807, 2.05) is 0 Å². The molecule has 0 aromatic heterocycles. The van der Waals surface area contributed by atoms with E-state index in [2.05, 4.69) is 57.0 Å². The predicted octanol–water partition coefficient (Wildman–Crippen LogP) is 2.54. The average Bonchev–Trinajstić information content (AvgIpc) is 2.24. The lowest BCUT2D eigenvalue weighted by Crippen LogP contribution is -2.54. The molecule has 0 saturated carbocycles. The minimum Gasteiger partial charge on any atom is -0.385 e. The van der Waals surface area contributed by atoms with E-state index in [1.165, 1.54) is 5.56 Å². The van der Waals surface area contributed by atoms with Crippen LogP contribution in [0.15, 0.2) is 24.3 Å². The lowest BCUT2D eigenvalue weighted by atomic mass is 9.66. The first-order valence-electron chi connectivity index (χ1n) is 6.33. The molecule has 1 aliphatic heterocycles. The molecule has 1 aliphatic rings. The summed E-state index contributed by atoms with van der Waals surface area (Å²) in [7, 11) is 2.12. The van der Waals surface area contributed by atoms with Gasteiger partial charge in [-0.05, 0) is 26.0 Å². The second-order valence-corrected chi connectivity index (χ2v) is 6.10. The summed E-state index contributed by atoms with van der Waals surface area (Å²) in [5, 5.41) is 11.1. The van der Waals surface area contributed by atoms with Crippen LogP contribution in [0.2, 0.25) is 0 Å². The summed E-state index contributed by atoms with van der Waals surface area (Å²) in [6.45, 7) is 8.27. The van der Waals surface area contributed by atoms with Crippen molar-refractivity contribution in [3.63, 3.8) is 0 Å². The second-order valence-electron chi connectivity index (χ2n) is 6.10. The zero-order chi connectivity index (χ0) is 12.7. The van der Waals surface area contributed by atoms with E-state index in [-0.39, 0.29) is 5.41 Å². The molecular weight excluding hydrogens is 210 g/mol. The Morgan fingerprint density at radius 1 is 1.18 bits per heavy atom. The van der Waals surface area contributed by atoms with Crippen LogP contribution in [-0.4, -0.2) is 30.1 Å². The van der Waals surface area contributed by atoms with Gasteiger partial charge in [-0.25, -0.2) is 0 Å². The Kier molecular flexibility index (Phi) is 3.04. The van der Waals surface area contributed by atoms with Gasteiger partial charge < -0.3 is 10.0 Å². The van der Waals surface area contributed by atoms with E-state index < -0.39 is 5.60 Å². The van der Waals surface area contributed by atoms with Crippen molar-refractivity contribution in [1.82, 2.24) is 4.90 Å². The molecule has 0 amide bonds. The minimum absolute atomic E-state index is 0.116. The van der Waals surface area contributed by atoms with Gasteiger partial charge in [0.1, 0.15) is 0 Å². The van der Waals surface area contributed by atoms with Crippen molar-refractivity contribution < 1.29 is 5.11 Å². The zero-order valence-corrected chi connectivity index (χ0v) is 11.3. The molecule has 0 spiro atoms. The van der Waals surface area contributed by atoms with Crippen LogP contribution in [0.3, 0.4) is 0 Å². The first-order valence-corrected chi connectivity index (χ1v) is 6.33. The van der Waals surface area contributed by atoms with Crippen molar-refractivity contribution in [1.29, 1.82) is 0 Å². The summed E-state index contributed by atoms with van der Waals surface area (Å²) < 4.78 is 0. The van der Waals surface area contributed by atoms with E-state index in [0.29, 0.717) is 0 Å². The zero-order valence-electron chi connectivity index (χ0n) is 11.3. The van der Waals surface area contributed by atoms with Gasteiger partial charge in [0.15, 0.2) is 0 Å². The maximum absolute atomic E-state index is 11.1. The molecule has 1 N–H and O–H groups in total. The Bertz CT molecular complexity index is 396. The first-order chi connectivity index (χ1) is 7.85. The van der Waals surface area contributed by atoms with Gasteiger partial charge in [0.2, 0.25) is 0 Å². The number of rotatable bonds is 1. The lowest BCUT2D eigenvalue weighted by molar-refractivity contribution is -0.121. The number of benzene rings is 1. The smallest absolute Gasteiger partial charge is 0.0971 e. The van der Waals surface area contributed by atoms with E-state index >= 15 is 0 Å². The van der Waals surface area contributed by atoms with E-state index in [0.717, 1.165) is 25.1 Å². The van der Waals surface area contributed by atoms with Gasteiger partial charge in [-0.15, -0.1) is 0 Å². The molecule has 1 aromatic carbocycles. The van der Waals surface area contributed by atoms with E-state index in [4.69, 9.17) is 0 Å². The second kappa shape index (κ2) is 4.11. The normalized spacial score (nSPS) is 29.2. The molecular formula is C15H23NO. The third kappa shape index (κ3) is 2.12. The molecule has 0 aliphatic carbocycles. The van der Waals surface area contributed by atoms with Gasteiger partial charge in [0.25, 0.3) is 0 Å². The quantitative estimate of drug-likeness (QED) is 0.806. The standard InChI is InChI=1S/C15H23NO/c1-12-5-7-13(8-6-12)15(17)9-10-16(4)11-14(15,2)3/h5-8,17H,9-11H2,1-4H3. The largest absolute Gasteiger partial charge is 0.385 e. The molecule has 2 heteroatoms. The predicted molar refractivity (Wildman–Crippen MR) is 71.0 cm³/mol. The van der Waals surface area contributed by atoms with Crippen molar-refractivity contribution in [3.8, 4) is 0 Å². The third-order valence-electron chi connectivity index (χ3n) is 4.17. The number of hydrogen-bond acceptors (Lipinski definition) is 2.